The van der Waals surface area contributed by atoms with Crippen LogP contribution < -0.4 is 4.74 Å². The van der Waals surface area contributed by atoms with E-state index >= 15 is 0 Å². The molecular weight excluding hydrogens is 286 g/mol. The van der Waals surface area contributed by atoms with Crippen molar-refractivity contribution in [2.24, 2.45) is 5.92 Å². The Bertz CT molecular complexity index is 706. The van der Waals surface area contributed by atoms with Crippen LogP contribution in [0.5, 0.6) is 5.75 Å². The predicted molar refractivity (Wildman–Crippen MR) is 91.8 cm³/mol. The highest BCUT2D eigenvalue weighted by Crippen LogP contribution is 2.53. The summed E-state index contributed by atoms with van der Waals surface area (Å²) in [6.45, 7) is 3.34. The Hall–Kier alpha value is -1.74. The first-order valence-electron chi connectivity index (χ1n) is 8.45. The molecule has 23 heavy (non-hydrogen) atoms. The zero-order valence-corrected chi connectivity index (χ0v) is 14.4. The van der Waals surface area contributed by atoms with Crippen molar-refractivity contribution in [1.82, 2.24) is 4.90 Å². The lowest BCUT2D eigenvalue weighted by atomic mass is 9.58. The summed E-state index contributed by atoms with van der Waals surface area (Å²) in [5.41, 5.74) is 4.40. The summed E-state index contributed by atoms with van der Waals surface area (Å²) in [4.78, 5) is 2.51. The van der Waals surface area contributed by atoms with Crippen molar-refractivity contribution in [1.29, 1.82) is 0 Å². The van der Waals surface area contributed by atoms with Gasteiger partial charge in [-0.25, -0.2) is 0 Å². The average molecular weight is 311 g/mol. The van der Waals surface area contributed by atoms with Gasteiger partial charge in [0.25, 0.3) is 0 Å². The molecule has 2 aliphatic carbocycles. The smallest absolute Gasteiger partial charge is 0.119 e. The molecule has 1 heterocycles. The number of rotatable bonds is 2. The van der Waals surface area contributed by atoms with Crippen molar-refractivity contribution >= 4 is 0 Å². The number of fused-ring (bicyclic) bond motifs is 1. The molecule has 1 aromatic rings. The molecule has 2 bridgehead atoms. The first kappa shape index (κ1) is 14.8. The second kappa shape index (κ2) is 5.13. The first-order valence-corrected chi connectivity index (χ1v) is 8.45. The van der Waals surface area contributed by atoms with E-state index in [0.717, 1.165) is 30.9 Å². The molecule has 1 aliphatic heterocycles. The molecule has 3 atom stereocenters. The summed E-state index contributed by atoms with van der Waals surface area (Å²) in [5.74, 6) is 2.39. The van der Waals surface area contributed by atoms with E-state index in [0.29, 0.717) is 12.0 Å². The number of methoxy groups -OCH3 is 2. The molecule has 0 radical (unpaired) electrons. The fourth-order valence-electron chi connectivity index (χ4n) is 4.69. The van der Waals surface area contributed by atoms with E-state index < -0.39 is 0 Å². The van der Waals surface area contributed by atoms with Crippen molar-refractivity contribution in [2.45, 2.75) is 31.2 Å². The minimum Gasteiger partial charge on any atom is -0.501 e. The number of likely N-dealkylation sites (tertiary alicyclic amines) is 1. The number of hydrogen-bond donors (Lipinski definition) is 0. The summed E-state index contributed by atoms with van der Waals surface area (Å²) in [6.07, 6.45) is 7.03. The number of ether oxygens (including phenoxy) is 2. The number of likely N-dealkylation sites (N-methyl/N-ethyl adjacent to an activating group) is 1. The third-order valence-corrected chi connectivity index (χ3v) is 5.98. The zero-order valence-electron chi connectivity index (χ0n) is 14.4. The van der Waals surface area contributed by atoms with Crippen LogP contribution in [-0.2, 0) is 16.6 Å². The van der Waals surface area contributed by atoms with Crippen molar-refractivity contribution in [3.63, 3.8) is 0 Å². The summed E-state index contributed by atoms with van der Waals surface area (Å²) in [5, 5.41) is 0. The molecule has 1 aromatic carbocycles. The maximum atomic E-state index is 5.71. The summed E-state index contributed by atoms with van der Waals surface area (Å²) in [7, 11) is 5.79. The minimum absolute atomic E-state index is 0.0167. The molecule has 0 aromatic heterocycles. The molecule has 0 spiro atoms. The number of hydrogen-bond acceptors (Lipinski definition) is 3. The normalized spacial score (nSPS) is 32.3. The van der Waals surface area contributed by atoms with Gasteiger partial charge in [0.2, 0.25) is 0 Å². The lowest BCUT2D eigenvalue weighted by Gasteiger charge is -2.53. The highest BCUT2D eigenvalue weighted by atomic mass is 16.5. The van der Waals surface area contributed by atoms with E-state index in [1.165, 1.54) is 11.1 Å². The molecule has 3 aliphatic rings. The van der Waals surface area contributed by atoms with E-state index in [9.17, 15) is 0 Å². The monoisotopic (exact) mass is 311 g/mol. The second-order valence-electron chi connectivity index (χ2n) is 7.11. The maximum absolute atomic E-state index is 5.71. The predicted octanol–water partition coefficient (Wildman–Crippen LogP) is 3.30. The van der Waals surface area contributed by atoms with Gasteiger partial charge in [-0.3, -0.25) is 4.90 Å². The fourth-order valence-corrected chi connectivity index (χ4v) is 4.69. The Labute approximate surface area is 138 Å². The molecule has 0 N–H and O–H groups in total. The van der Waals surface area contributed by atoms with E-state index in [2.05, 4.69) is 49.2 Å². The Morgan fingerprint density at radius 3 is 2.78 bits per heavy atom. The van der Waals surface area contributed by atoms with Gasteiger partial charge >= 0.3 is 0 Å². The highest BCUT2D eigenvalue weighted by molar-refractivity contribution is 5.58. The number of piperidine rings is 1. The highest BCUT2D eigenvalue weighted by Gasteiger charge is 2.49. The van der Waals surface area contributed by atoms with Crippen molar-refractivity contribution < 1.29 is 9.47 Å². The SMILES string of the molecule is COC1=C[C@]23CCN(C)[C@@H](Cc4ccc(OC)cc42)C3=C[C@@H]1C. The summed E-state index contributed by atoms with van der Waals surface area (Å²) in [6, 6.07) is 7.08. The van der Waals surface area contributed by atoms with Gasteiger partial charge < -0.3 is 9.47 Å². The van der Waals surface area contributed by atoms with Gasteiger partial charge in [-0.2, -0.15) is 0 Å². The van der Waals surface area contributed by atoms with Crippen LogP contribution >= 0.6 is 0 Å². The topological polar surface area (TPSA) is 21.7 Å². The average Bonchev–Trinajstić information content (AvgIpc) is 2.57. The Balaban J connectivity index is 1.96. The van der Waals surface area contributed by atoms with Gasteiger partial charge in [0.05, 0.1) is 20.0 Å². The molecule has 3 heteroatoms. The third-order valence-electron chi connectivity index (χ3n) is 5.98. The van der Waals surface area contributed by atoms with Crippen molar-refractivity contribution in [3.8, 4) is 5.75 Å². The Morgan fingerprint density at radius 1 is 1.22 bits per heavy atom. The van der Waals surface area contributed by atoms with Crippen LogP contribution in [0.4, 0.5) is 0 Å². The lowest BCUT2D eigenvalue weighted by Crippen LogP contribution is -2.54. The first-order chi connectivity index (χ1) is 11.1. The van der Waals surface area contributed by atoms with Crippen LogP contribution in [0.1, 0.15) is 24.5 Å². The molecule has 4 rings (SSSR count). The van der Waals surface area contributed by atoms with Crippen LogP contribution in [0.15, 0.2) is 41.7 Å². The lowest BCUT2D eigenvalue weighted by molar-refractivity contribution is 0.173. The van der Waals surface area contributed by atoms with E-state index in [1.54, 1.807) is 19.8 Å². The quantitative estimate of drug-likeness (QED) is 0.782. The minimum atomic E-state index is -0.0167. The van der Waals surface area contributed by atoms with Crippen LogP contribution in [0.3, 0.4) is 0 Å². The van der Waals surface area contributed by atoms with Gasteiger partial charge in [-0.15, -0.1) is 0 Å². The van der Waals surface area contributed by atoms with E-state index in [-0.39, 0.29) is 5.41 Å². The maximum Gasteiger partial charge on any atom is 0.119 e. The fraction of sp³-hybridized carbons (Fsp3) is 0.500. The molecule has 0 unspecified atom stereocenters. The van der Waals surface area contributed by atoms with Crippen molar-refractivity contribution in [3.05, 3.63) is 52.8 Å². The summed E-state index contributed by atoms with van der Waals surface area (Å²) < 4.78 is 11.2. The van der Waals surface area contributed by atoms with Gasteiger partial charge in [-0.05, 0) is 61.3 Å². The van der Waals surface area contributed by atoms with Gasteiger partial charge in [0.15, 0.2) is 0 Å². The van der Waals surface area contributed by atoms with Crippen LogP contribution in [0.2, 0.25) is 0 Å². The molecule has 1 fully saturated rings. The third kappa shape index (κ3) is 1.99. The number of nitrogens with zero attached hydrogens (tertiary/aromatic N) is 1. The van der Waals surface area contributed by atoms with E-state index in [4.69, 9.17) is 9.47 Å². The van der Waals surface area contributed by atoms with Crippen LogP contribution in [0, 0.1) is 5.92 Å². The standard InChI is InChI=1S/C20H25NO2/c1-13-9-17-18-10-14-5-6-15(22-3)11-16(14)20(17,7-8-21(18)2)12-19(13)23-4/h5-6,9,11-13,18H,7-8,10H2,1-4H3/t13-,18-,20+/m0/s1. The second-order valence-corrected chi connectivity index (χ2v) is 7.11. The molecule has 1 saturated heterocycles. The van der Waals surface area contributed by atoms with Gasteiger partial charge in [0, 0.05) is 17.4 Å². The molecule has 0 amide bonds. The molecule has 0 saturated carbocycles. The summed E-state index contributed by atoms with van der Waals surface area (Å²) >= 11 is 0. The van der Waals surface area contributed by atoms with Gasteiger partial charge in [-0.1, -0.05) is 19.1 Å². The Kier molecular flexibility index (Phi) is 3.31. The molecular formula is C20H25NO2. The van der Waals surface area contributed by atoms with E-state index in [1.807, 2.05) is 0 Å². The molecule has 3 nitrogen and oxygen atoms in total. The van der Waals surface area contributed by atoms with Gasteiger partial charge in [0.1, 0.15) is 5.75 Å². The number of benzene rings is 1. The van der Waals surface area contributed by atoms with Crippen molar-refractivity contribution in [2.75, 3.05) is 27.8 Å². The van der Waals surface area contributed by atoms with Crippen LogP contribution in [-0.4, -0.2) is 38.8 Å². The Morgan fingerprint density at radius 2 is 2.04 bits per heavy atom. The van der Waals surface area contributed by atoms with Crippen LogP contribution in [0.25, 0.3) is 0 Å². The number of allylic oxidation sites excluding steroid dienone is 2. The largest absolute Gasteiger partial charge is 0.501 e. The molecule has 122 valence electrons. The zero-order chi connectivity index (χ0) is 16.2.